The standard InChI is InChI=1S/C11H20N2O2S/c1-6(2)9(10(12)16)11(14)13-7-4-8(5-7)15-3/h6-9H,4-5H2,1-3H3,(H2,12,16)(H,13,14). The van der Waals surface area contributed by atoms with Crippen LogP contribution in [0.25, 0.3) is 0 Å². The minimum atomic E-state index is -0.364. The average Bonchev–Trinajstić information content (AvgIpc) is 2.08. The number of hydrogen-bond acceptors (Lipinski definition) is 3. The fourth-order valence-electron chi connectivity index (χ4n) is 1.93. The second-order valence-electron chi connectivity index (χ2n) is 4.66. The molecule has 5 heteroatoms. The lowest BCUT2D eigenvalue weighted by atomic mass is 9.87. The number of ether oxygens (including phenoxy) is 1. The largest absolute Gasteiger partial charge is 0.393 e. The topological polar surface area (TPSA) is 64.3 Å². The molecule has 92 valence electrons. The maximum atomic E-state index is 11.9. The molecule has 1 fully saturated rings. The summed E-state index contributed by atoms with van der Waals surface area (Å²) < 4.78 is 5.15. The highest BCUT2D eigenvalue weighted by Crippen LogP contribution is 2.23. The van der Waals surface area contributed by atoms with Crippen LogP contribution in [0.3, 0.4) is 0 Å². The molecule has 1 atom stereocenters. The fraction of sp³-hybridized carbons (Fsp3) is 0.818. The molecule has 1 unspecified atom stereocenters. The number of carbonyl (C=O) groups excluding carboxylic acids is 1. The van der Waals surface area contributed by atoms with Crippen LogP contribution in [-0.4, -0.2) is 30.2 Å². The van der Waals surface area contributed by atoms with E-state index in [1.165, 1.54) is 0 Å². The lowest BCUT2D eigenvalue weighted by Crippen LogP contribution is -2.51. The summed E-state index contributed by atoms with van der Waals surface area (Å²) in [7, 11) is 1.69. The second kappa shape index (κ2) is 5.59. The van der Waals surface area contributed by atoms with E-state index >= 15 is 0 Å². The first-order chi connectivity index (χ1) is 7.45. The van der Waals surface area contributed by atoms with Gasteiger partial charge in [0.1, 0.15) is 0 Å². The van der Waals surface area contributed by atoms with Gasteiger partial charge in [-0.25, -0.2) is 0 Å². The molecular weight excluding hydrogens is 224 g/mol. The van der Waals surface area contributed by atoms with E-state index in [0.717, 1.165) is 12.8 Å². The van der Waals surface area contributed by atoms with Crippen molar-refractivity contribution in [3.05, 3.63) is 0 Å². The van der Waals surface area contributed by atoms with Gasteiger partial charge in [-0.3, -0.25) is 4.79 Å². The summed E-state index contributed by atoms with van der Waals surface area (Å²) in [6.07, 6.45) is 2.04. The van der Waals surface area contributed by atoms with E-state index in [1.54, 1.807) is 7.11 Å². The van der Waals surface area contributed by atoms with Crippen molar-refractivity contribution < 1.29 is 9.53 Å². The van der Waals surface area contributed by atoms with Crippen molar-refractivity contribution >= 4 is 23.1 Å². The molecule has 0 aromatic heterocycles. The number of rotatable bonds is 5. The Morgan fingerprint density at radius 3 is 2.44 bits per heavy atom. The highest BCUT2D eigenvalue weighted by Gasteiger charge is 2.33. The van der Waals surface area contributed by atoms with Crippen LogP contribution >= 0.6 is 12.2 Å². The van der Waals surface area contributed by atoms with E-state index in [2.05, 4.69) is 5.32 Å². The molecule has 0 aliphatic heterocycles. The van der Waals surface area contributed by atoms with Gasteiger partial charge in [0.15, 0.2) is 0 Å². The molecule has 0 spiro atoms. The number of nitrogens with one attached hydrogen (secondary N) is 1. The Bertz CT molecular complexity index is 275. The summed E-state index contributed by atoms with van der Waals surface area (Å²) in [6, 6.07) is 0.216. The van der Waals surface area contributed by atoms with Crippen molar-refractivity contribution in [1.82, 2.24) is 5.32 Å². The Kier molecular flexibility index (Phi) is 4.68. The zero-order valence-electron chi connectivity index (χ0n) is 10.0. The lowest BCUT2D eigenvalue weighted by Gasteiger charge is -2.35. The van der Waals surface area contributed by atoms with Crippen molar-refractivity contribution in [2.45, 2.75) is 38.8 Å². The molecule has 0 aromatic rings. The number of nitrogens with two attached hydrogens (primary N) is 1. The molecule has 0 saturated heterocycles. The molecule has 1 amide bonds. The second-order valence-corrected chi connectivity index (χ2v) is 5.13. The van der Waals surface area contributed by atoms with Crippen molar-refractivity contribution in [1.29, 1.82) is 0 Å². The van der Waals surface area contributed by atoms with E-state index in [9.17, 15) is 4.79 Å². The third kappa shape index (κ3) is 3.15. The number of methoxy groups -OCH3 is 1. The summed E-state index contributed by atoms with van der Waals surface area (Å²) in [5.41, 5.74) is 5.57. The summed E-state index contributed by atoms with van der Waals surface area (Å²) in [5, 5.41) is 2.96. The summed E-state index contributed by atoms with van der Waals surface area (Å²) in [4.78, 5) is 12.2. The normalized spacial score (nSPS) is 26.0. The molecule has 0 bridgehead atoms. The predicted molar refractivity (Wildman–Crippen MR) is 67.1 cm³/mol. The molecule has 3 N–H and O–H groups in total. The van der Waals surface area contributed by atoms with Crippen LogP contribution in [0.5, 0.6) is 0 Å². The van der Waals surface area contributed by atoms with Gasteiger partial charge >= 0.3 is 0 Å². The minimum absolute atomic E-state index is 0.0537. The lowest BCUT2D eigenvalue weighted by molar-refractivity contribution is -0.126. The molecular formula is C11H20N2O2S. The van der Waals surface area contributed by atoms with Gasteiger partial charge in [0.25, 0.3) is 0 Å². The average molecular weight is 244 g/mol. The quantitative estimate of drug-likeness (QED) is 0.703. The Morgan fingerprint density at radius 2 is 2.06 bits per heavy atom. The minimum Gasteiger partial charge on any atom is -0.393 e. The zero-order valence-corrected chi connectivity index (χ0v) is 10.8. The molecule has 16 heavy (non-hydrogen) atoms. The van der Waals surface area contributed by atoms with Crippen LogP contribution in [0, 0.1) is 11.8 Å². The first kappa shape index (κ1) is 13.4. The smallest absolute Gasteiger partial charge is 0.230 e. The molecule has 4 nitrogen and oxygen atoms in total. The molecule has 0 radical (unpaired) electrons. The van der Waals surface area contributed by atoms with E-state index < -0.39 is 0 Å². The van der Waals surface area contributed by atoms with Gasteiger partial charge in [-0.1, -0.05) is 26.1 Å². The zero-order chi connectivity index (χ0) is 12.3. The van der Waals surface area contributed by atoms with Gasteiger partial charge in [-0.05, 0) is 18.8 Å². The SMILES string of the molecule is COC1CC(NC(=O)C(C(N)=S)C(C)C)C1. The maximum absolute atomic E-state index is 11.9. The van der Waals surface area contributed by atoms with Crippen molar-refractivity contribution in [2.24, 2.45) is 17.6 Å². The monoisotopic (exact) mass is 244 g/mol. The van der Waals surface area contributed by atoms with Crippen LogP contribution in [0.15, 0.2) is 0 Å². The first-order valence-corrected chi connectivity index (χ1v) is 5.99. The highest BCUT2D eigenvalue weighted by molar-refractivity contribution is 7.80. The van der Waals surface area contributed by atoms with Gasteiger partial charge in [0.2, 0.25) is 5.91 Å². The Morgan fingerprint density at radius 1 is 1.50 bits per heavy atom. The number of carbonyl (C=O) groups is 1. The van der Waals surface area contributed by atoms with Gasteiger partial charge < -0.3 is 15.8 Å². The van der Waals surface area contributed by atoms with E-state index in [0.29, 0.717) is 0 Å². The van der Waals surface area contributed by atoms with Gasteiger partial charge in [-0.15, -0.1) is 0 Å². The Balaban J connectivity index is 2.42. The fourth-order valence-corrected chi connectivity index (χ4v) is 2.31. The Labute approximate surface area is 102 Å². The predicted octanol–water partition coefficient (Wildman–Crippen LogP) is 0.838. The Hall–Kier alpha value is -0.680. The van der Waals surface area contributed by atoms with Gasteiger partial charge in [0, 0.05) is 13.2 Å². The van der Waals surface area contributed by atoms with Crippen LogP contribution in [0.2, 0.25) is 0 Å². The van der Waals surface area contributed by atoms with Crippen LogP contribution in [0.1, 0.15) is 26.7 Å². The molecule has 1 rings (SSSR count). The third-order valence-electron chi connectivity index (χ3n) is 3.03. The summed E-state index contributed by atoms with van der Waals surface area (Å²) in [6.45, 7) is 3.89. The molecule has 1 aliphatic carbocycles. The van der Waals surface area contributed by atoms with Gasteiger partial charge in [0.05, 0.1) is 17.0 Å². The highest BCUT2D eigenvalue weighted by atomic mass is 32.1. The van der Waals surface area contributed by atoms with Crippen LogP contribution in [-0.2, 0) is 9.53 Å². The molecule has 1 aliphatic rings. The van der Waals surface area contributed by atoms with Crippen molar-refractivity contribution in [3.8, 4) is 0 Å². The number of thiocarbonyl (C=S) groups is 1. The maximum Gasteiger partial charge on any atom is 0.230 e. The van der Waals surface area contributed by atoms with E-state index in [4.69, 9.17) is 22.7 Å². The van der Waals surface area contributed by atoms with E-state index in [1.807, 2.05) is 13.8 Å². The third-order valence-corrected chi connectivity index (χ3v) is 3.28. The van der Waals surface area contributed by atoms with Crippen molar-refractivity contribution in [3.63, 3.8) is 0 Å². The summed E-state index contributed by atoms with van der Waals surface area (Å²) in [5.74, 6) is -0.283. The molecule has 0 heterocycles. The van der Waals surface area contributed by atoms with Gasteiger partial charge in [-0.2, -0.15) is 0 Å². The number of amides is 1. The first-order valence-electron chi connectivity index (χ1n) is 5.58. The molecule has 1 saturated carbocycles. The van der Waals surface area contributed by atoms with Crippen molar-refractivity contribution in [2.75, 3.05) is 7.11 Å². The number of hydrogen-bond donors (Lipinski definition) is 2. The summed E-state index contributed by atoms with van der Waals surface area (Å²) >= 11 is 4.91. The van der Waals surface area contributed by atoms with E-state index in [-0.39, 0.29) is 34.9 Å². The van der Waals surface area contributed by atoms with Crippen LogP contribution < -0.4 is 11.1 Å². The van der Waals surface area contributed by atoms with Crippen LogP contribution in [0.4, 0.5) is 0 Å². The molecule has 0 aromatic carbocycles.